The van der Waals surface area contributed by atoms with Gasteiger partial charge in [0, 0.05) is 0 Å². The number of hydrogen-bond donors (Lipinski definition) is 1. The number of anilines is 1. The smallest absolute Gasteiger partial charge is 0.217 e. The lowest BCUT2D eigenvalue weighted by molar-refractivity contribution is 0.486. The highest BCUT2D eigenvalue weighted by molar-refractivity contribution is 9.10. The molecule has 19 heavy (non-hydrogen) atoms. The van der Waals surface area contributed by atoms with Gasteiger partial charge in [-0.2, -0.15) is 5.10 Å². The van der Waals surface area contributed by atoms with E-state index in [0.29, 0.717) is 29.2 Å². The van der Waals surface area contributed by atoms with Gasteiger partial charge in [0.2, 0.25) is 5.89 Å². The van der Waals surface area contributed by atoms with Crippen molar-refractivity contribution in [2.45, 2.75) is 20.4 Å². The molecule has 0 aliphatic carbocycles. The van der Waals surface area contributed by atoms with E-state index in [1.807, 2.05) is 36.7 Å². The summed E-state index contributed by atoms with van der Waals surface area (Å²) in [5.41, 5.74) is 9.91. The molecule has 0 atom stereocenters. The maximum Gasteiger partial charge on any atom is 0.217 e. The Hall–Kier alpha value is -1.82. The lowest BCUT2D eigenvalue weighted by Crippen LogP contribution is -2.04. The highest BCUT2D eigenvalue weighted by Crippen LogP contribution is 2.23. The lowest BCUT2D eigenvalue weighted by atomic mass is 10.3. The molecular formula is C13H13BrN4O. The Kier molecular flexibility index (Phi) is 2.82. The fraction of sp³-hybridized carbons (Fsp3) is 0.231. The molecule has 98 valence electrons. The molecule has 0 bridgehead atoms. The number of rotatable bonds is 2. The molecule has 0 saturated carbocycles. The molecule has 2 aromatic heterocycles. The molecule has 2 N–H and O–H groups in total. The summed E-state index contributed by atoms with van der Waals surface area (Å²) in [6, 6.07) is 5.53. The second-order valence-electron chi connectivity index (χ2n) is 4.44. The van der Waals surface area contributed by atoms with E-state index in [2.05, 4.69) is 26.0 Å². The number of nitrogens with two attached hydrogens (primary N) is 1. The minimum Gasteiger partial charge on any atom is -0.439 e. The topological polar surface area (TPSA) is 69.9 Å². The highest BCUT2D eigenvalue weighted by atomic mass is 79.9. The Morgan fingerprint density at radius 1 is 1.37 bits per heavy atom. The van der Waals surface area contributed by atoms with Crippen molar-refractivity contribution in [3.63, 3.8) is 0 Å². The Morgan fingerprint density at radius 2 is 2.16 bits per heavy atom. The number of oxazole rings is 1. The summed E-state index contributed by atoms with van der Waals surface area (Å²) in [5, 5.41) is 4.44. The van der Waals surface area contributed by atoms with Gasteiger partial charge in [0.25, 0.3) is 0 Å². The molecular weight excluding hydrogens is 308 g/mol. The van der Waals surface area contributed by atoms with Crippen LogP contribution in [-0.2, 0) is 6.54 Å². The van der Waals surface area contributed by atoms with Crippen molar-refractivity contribution in [3.05, 3.63) is 40.0 Å². The number of para-hydroxylation sites is 1. The number of hydrogen-bond acceptors (Lipinski definition) is 4. The predicted molar refractivity (Wildman–Crippen MR) is 76.9 cm³/mol. The first kappa shape index (κ1) is 12.2. The van der Waals surface area contributed by atoms with Crippen LogP contribution in [0.15, 0.2) is 27.1 Å². The molecule has 1 aromatic carbocycles. The average Bonchev–Trinajstić information content (AvgIpc) is 2.89. The first-order valence-corrected chi connectivity index (χ1v) is 6.69. The largest absolute Gasteiger partial charge is 0.439 e. The zero-order valence-electron chi connectivity index (χ0n) is 10.6. The normalized spacial score (nSPS) is 11.3. The second-order valence-corrected chi connectivity index (χ2v) is 5.24. The van der Waals surface area contributed by atoms with Crippen LogP contribution in [0.5, 0.6) is 0 Å². The second kappa shape index (κ2) is 4.38. The summed E-state index contributed by atoms with van der Waals surface area (Å²) in [7, 11) is 0. The molecule has 0 aliphatic rings. The summed E-state index contributed by atoms with van der Waals surface area (Å²) in [6.07, 6.45) is 0. The third kappa shape index (κ3) is 2.02. The lowest BCUT2D eigenvalue weighted by Gasteiger charge is -1.99. The molecule has 5 nitrogen and oxygen atoms in total. The number of fused-ring (bicyclic) bond motifs is 1. The van der Waals surface area contributed by atoms with Crippen LogP contribution in [0.25, 0.3) is 11.1 Å². The molecule has 0 saturated heterocycles. The van der Waals surface area contributed by atoms with Crippen LogP contribution in [0, 0.1) is 13.8 Å². The van der Waals surface area contributed by atoms with Crippen molar-refractivity contribution >= 4 is 32.7 Å². The van der Waals surface area contributed by atoms with Crippen LogP contribution in [0.2, 0.25) is 0 Å². The number of nitrogen functional groups attached to an aromatic ring is 1. The quantitative estimate of drug-likeness (QED) is 0.737. The van der Waals surface area contributed by atoms with Gasteiger partial charge in [-0.25, -0.2) is 4.98 Å². The third-order valence-electron chi connectivity index (χ3n) is 3.07. The van der Waals surface area contributed by atoms with Crippen molar-refractivity contribution in [2.24, 2.45) is 0 Å². The van der Waals surface area contributed by atoms with Crippen LogP contribution in [0.1, 0.15) is 17.3 Å². The van der Waals surface area contributed by atoms with Gasteiger partial charge in [-0.05, 0) is 41.9 Å². The minimum absolute atomic E-state index is 0.492. The summed E-state index contributed by atoms with van der Waals surface area (Å²) < 4.78 is 8.57. The minimum atomic E-state index is 0.492. The first-order valence-electron chi connectivity index (χ1n) is 5.89. The molecule has 0 aliphatic heterocycles. The van der Waals surface area contributed by atoms with Gasteiger partial charge in [0.1, 0.15) is 12.1 Å². The Bertz CT molecular complexity index is 759. The van der Waals surface area contributed by atoms with Crippen LogP contribution in [0.3, 0.4) is 0 Å². The number of benzene rings is 1. The summed E-state index contributed by atoms with van der Waals surface area (Å²) in [5.74, 6) is 0.603. The van der Waals surface area contributed by atoms with E-state index in [1.54, 1.807) is 0 Å². The number of aryl methyl sites for hydroxylation is 1. The van der Waals surface area contributed by atoms with Gasteiger partial charge in [-0.1, -0.05) is 6.07 Å². The highest BCUT2D eigenvalue weighted by Gasteiger charge is 2.13. The first-order chi connectivity index (χ1) is 9.06. The molecule has 2 heterocycles. The zero-order valence-corrected chi connectivity index (χ0v) is 12.2. The van der Waals surface area contributed by atoms with Gasteiger partial charge in [0.15, 0.2) is 5.58 Å². The molecule has 0 amide bonds. The maximum atomic E-state index is 5.87. The Morgan fingerprint density at radius 3 is 2.79 bits per heavy atom. The van der Waals surface area contributed by atoms with Crippen molar-refractivity contribution < 1.29 is 4.42 Å². The molecule has 6 heteroatoms. The molecule has 3 aromatic rings. The van der Waals surface area contributed by atoms with Gasteiger partial charge in [-0.3, -0.25) is 4.68 Å². The fourth-order valence-corrected chi connectivity index (χ4v) is 2.32. The summed E-state index contributed by atoms with van der Waals surface area (Å²) in [6.45, 7) is 4.45. The Balaban J connectivity index is 2.01. The monoisotopic (exact) mass is 320 g/mol. The van der Waals surface area contributed by atoms with Crippen LogP contribution < -0.4 is 5.73 Å². The average molecular weight is 321 g/mol. The number of aromatic nitrogens is 3. The zero-order chi connectivity index (χ0) is 13.6. The fourth-order valence-electron chi connectivity index (χ4n) is 2.04. The van der Waals surface area contributed by atoms with E-state index >= 15 is 0 Å². The SMILES string of the molecule is Cc1nn(Cc2nc3c(N)cccc3o2)c(C)c1Br. The molecule has 0 unspecified atom stereocenters. The maximum absolute atomic E-state index is 5.87. The van der Waals surface area contributed by atoms with Gasteiger partial charge in [0.05, 0.1) is 21.5 Å². The van der Waals surface area contributed by atoms with Crippen molar-refractivity contribution in [2.75, 3.05) is 5.73 Å². The summed E-state index contributed by atoms with van der Waals surface area (Å²) in [4.78, 5) is 4.42. The van der Waals surface area contributed by atoms with Gasteiger partial charge < -0.3 is 10.2 Å². The van der Waals surface area contributed by atoms with Gasteiger partial charge in [-0.15, -0.1) is 0 Å². The van der Waals surface area contributed by atoms with Crippen LogP contribution >= 0.6 is 15.9 Å². The van der Waals surface area contributed by atoms with Gasteiger partial charge >= 0.3 is 0 Å². The van der Waals surface area contributed by atoms with E-state index < -0.39 is 0 Å². The van der Waals surface area contributed by atoms with E-state index in [9.17, 15) is 0 Å². The van der Waals surface area contributed by atoms with Crippen molar-refractivity contribution in [1.82, 2.24) is 14.8 Å². The van der Waals surface area contributed by atoms with E-state index in [1.165, 1.54) is 0 Å². The standard InChI is InChI=1S/C13H13BrN4O/c1-7-12(14)8(2)18(17-7)6-11-16-13-9(15)4-3-5-10(13)19-11/h3-5H,6,15H2,1-2H3. The van der Waals surface area contributed by atoms with E-state index in [0.717, 1.165) is 15.9 Å². The number of halogens is 1. The molecule has 0 radical (unpaired) electrons. The van der Waals surface area contributed by atoms with E-state index in [-0.39, 0.29) is 0 Å². The summed E-state index contributed by atoms with van der Waals surface area (Å²) >= 11 is 3.51. The molecule has 3 rings (SSSR count). The van der Waals surface area contributed by atoms with Crippen LogP contribution in [-0.4, -0.2) is 14.8 Å². The Labute approximate surface area is 118 Å². The third-order valence-corrected chi connectivity index (χ3v) is 4.22. The van der Waals surface area contributed by atoms with Crippen molar-refractivity contribution in [1.29, 1.82) is 0 Å². The van der Waals surface area contributed by atoms with Crippen molar-refractivity contribution in [3.8, 4) is 0 Å². The van der Waals surface area contributed by atoms with E-state index in [4.69, 9.17) is 10.2 Å². The molecule has 0 fully saturated rings. The predicted octanol–water partition coefficient (Wildman–Crippen LogP) is 3.03. The van der Waals surface area contributed by atoms with Crippen LogP contribution in [0.4, 0.5) is 5.69 Å². The molecule has 0 spiro atoms. The number of nitrogens with zero attached hydrogens (tertiary/aromatic N) is 3.